The van der Waals surface area contributed by atoms with Gasteiger partial charge in [0.25, 0.3) is 0 Å². The van der Waals surface area contributed by atoms with E-state index in [0.29, 0.717) is 5.75 Å². The van der Waals surface area contributed by atoms with Gasteiger partial charge in [0.2, 0.25) is 0 Å². The Morgan fingerprint density at radius 2 is 0.792 bits per heavy atom. The van der Waals surface area contributed by atoms with E-state index >= 15 is 0 Å². The van der Waals surface area contributed by atoms with Gasteiger partial charge in [-0.25, -0.2) is 0 Å². The Hall–Kier alpha value is -1.24. The van der Waals surface area contributed by atoms with Crippen LogP contribution in [0.2, 0.25) is 8.87 Å². The van der Waals surface area contributed by atoms with E-state index in [-0.39, 0.29) is 34.0 Å². The van der Waals surface area contributed by atoms with Crippen molar-refractivity contribution >= 4 is 33.1 Å². The zero-order valence-electron chi connectivity index (χ0n) is 36.4. The summed E-state index contributed by atoms with van der Waals surface area (Å²) in [5.74, 6) is -1.33. The van der Waals surface area contributed by atoms with Gasteiger partial charge in [-0.15, -0.1) is 0 Å². The number of unbranched alkanes of at least 4 members (excludes halogenated alkanes) is 20. The van der Waals surface area contributed by atoms with E-state index in [2.05, 4.69) is 48.5 Å². The average Bonchev–Trinajstić information content (AvgIpc) is 3.14. The number of benzene rings is 1. The van der Waals surface area contributed by atoms with Gasteiger partial charge in [-0.3, -0.25) is 0 Å². The number of carboxylic acids is 2. The van der Waals surface area contributed by atoms with Gasteiger partial charge < -0.3 is 24.9 Å². The number of hydrogen-bond acceptors (Lipinski definition) is 5. The molecule has 5 nitrogen and oxygen atoms in total. The first-order valence-electron chi connectivity index (χ1n) is 22.6. The molecule has 6 heteroatoms. The average molecular weight is 852 g/mol. The van der Waals surface area contributed by atoms with Crippen molar-refractivity contribution in [2.75, 3.05) is 0 Å². The van der Waals surface area contributed by atoms with Crippen LogP contribution < -0.4 is 10.2 Å². The third-order valence-corrected chi connectivity index (χ3v) is 13.6. The fourth-order valence-electron chi connectivity index (χ4n) is 6.02. The van der Waals surface area contributed by atoms with Gasteiger partial charge in [0.1, 0.15) is 5.75 Å². The topological polar surface area (TPSA) is 100 Å². The van der Waals surface area contributed by atoms with Crippen molar-refractivity contribution in [3.05, 3.63) is 28.8 Å². The number of carbonyl (C=O) groups is 2. The molecule has 0 bridgehead atoms. The van der Waals surface area contributed by atoms with Crippen LogP contribution in [0.5, 0.6) is 5.75 Å². The molecule has 0 aliphatic rings. The van der Waals surface area contributed by atoms with Crippen molar-refractivity contribution in [2.45, 2.75) is 250 Å². The number of phenolic OH excluding ortho intramolecular Hbond substituents is 1. The molecule has 0 amide bonds. The van der Waals surface area contributed by atoms with Gasteiger partial charge in [0.05, 0.1) is 0 Å². The van der Waals surface area contributed by atoms with Crippen molar-refractivity contribution < 1.29 is 24.9 Å². The zero-order chi connectivity index (χ0) is 40.2. The second kappa shape index (κ2) is 46.9. The molecule has 53 heavy (non-hydrogen) atoms. The number of hydrogen-bond donors (Lipinski definition) is 1. The zero-order valence-corrected chi connectivity index (χ0v) is 39.2. The molecule has 0 atom stereocenters. The normalized spacial score (nSPS) is 10.2. The molecule has 0 spiro atoms. The molecule has 0 aliphatic heterocycles. The molecular formula is C47H88O5Sn. The van der Waals surface area contributed by atoms with Crippen LogP contribution in [-0.2, 0) is 22.4 Å². The molecule has 0 saturated carbocycles. The van der Waals surface area contributed by atoms with Gasteiger partial charge >= 0.3 is 69.5 Å². The Morgan fingerprint density at radius 1 is 0.472 bits per heavy atom. The van der Waals surface area contributed by atoms with E-state index in [1.807, 2.05) is 12.1 Å². The number of carbonyl (C=O) groups excluding carboxylic acids is 2. The summed E-state index contributed by atoms with van der Waals surface area (Å²) in [6.07, 6.45) is 35.1. The molecule has 0 aliphatic carbocycles. The Kier molecular flexibility index (Phi) is 49.6. The van der Waals surface area contributed by atoms with Crippen LogP contribution in [0.3, 0.4) is 0 Å². The van der Waals surface area contributed by atoms with Gasteiger partial charge in [-0.2, -0.15) is 0 Å². The van der Waals surface area contributed by atoms with E-state index < -0.39 is 11.9 Å². The summed E-state index contributed by atoms with van der Waals surface area (Å²) in [6, 6.07) is 3.88. The maximum absolute atomic E-state index is 10.1. The van der Waals surface area contributed by atoms with E-state index in [1.165, 1.54) is 152 Å². The van der Waals surface area contributed by atoms with Crippen molar-refractivity contribution in [2.24, 2.45) is 0 Å². The second-order valence-corrected chi connectivity index (χ2v) is 19.2. The van der Waals surface area contributed by atoms with Gasteiger partial charge in [-0.05, 0) is 81.0 Å². The first-order valence-corrected chi connectivity index (χ1v) is 26.6. The van der Waals surface area contributed by atoms with E-state index in [1.54, 1.807) is 8.87 Å². The van der Waals surface area contributed by atoms with Gasteiger partial charge in [-0.1, -0.05) is 149 Å². The second-order valence-electron chi connectivity index (χ2n) is 14.9. The van der Waals surface area contributed by atoms with Crippen molar-refractivity contribution in [1.82, 2.24) is 0 Å². The summed E-state index contributed by atoms with van der Waals surface area (Å²) in [7, 11) is 0. The molecule has 0 saturated heterocycles. The quantitative estimate of drug-likeness (QED) is 0.0575. The molecule has 0 radical (unpaired) electrons. The number of phenols is 1. The van der Waals surface area contributed by atoms with Crippen LogP contribution in [0.1, 0.15) is 238 Å². The van der Waals surface area contributed by atoms with E-state index in [0.717, 1.165) is 44.9 Å². The van der Waals surface area contributed by atoms with Gasteiger partial charge in [0, 0.05) is 11.9 Å². The van der Waals surface area contributed by atoms with E-state index in [9.17, 15) is 24.9 Å². The summed E-state index contributed by atoms with van der Waals surface area (Å²) >= 11 is 0.149. The van der Waals surface area contributed by atoms with Crippen molar-refractivity contribution in [3.8, 4) is 5.75 Å². The molecule has 1 aromatic rings. The van der Waals surface area contributed by atoms with Gasteiger partial charge in [0.15, 0.2) is 0 Å². The predicted molar refractivity (Wildman–Crippen MR) is 229 cm³/mol. The minimum absolute atomic E-state index is 0.149. The molecule has 1 rings (SSSR count). The van der Waals surface area contributed by atoms with Crippen LogP contribution in [0.4, 0.5) is 0 Å². The number of aliphatic carboxylic acids is 2. The molecular weight excluding hydrogens is 763 g/mol. The summed E-state index contributed by atoms with van der Waals surface area (Å²) in [5.41, 5.74) is 3.91. The van der Waals surface area contributed by atoms with E-state index in [4.69, 9.17) is 0 Å². The van der Waals surface area contributed by atoms with Crippen LogP contribution in [0.15, 0.2) is 12.1 Å². The number of carboxylic acid groups (broad SMARTS) is 2. The third-order valence-electron chi connectivity index (χ3n) is 9.58. The molecule has 0 fully saturated rings. The summed E-state index contributed by atoms with van der Waals surface area (Å²) < 4.78 is 3.25. The Morgan fingerprint density at radius 3 is 1.13 bits per heavy atom. The number of aromatic hydroxyl groups is 1. The maximum atomic E-state index is 10.1. The fourth-order valence-corrected chi connectivity index (χ4v) is 10.2. The van der Waals surface area contributed by atoms with Crippen LogP contribution in [0.25, 0.3) is 0 Å². The van der Waals surface area contributed by atoms with Crippen LogP contribution in [0, 0.1) is 6.92 Å². The molecule has 1 N–H and O–H groups in total. The SMILES string of the molecule is CCCCCCCCCCCC(=O)[O-].CCCCCCCCCCCC(=O)[O-].CCCCc1c(C)ccc(O)c1CCCC.CCC[CH2][Sn+2][CH2]CCC. The first kappa shape index (κ1) is 56.1. The summed E-state index contributed by atoms with van der Waals surface area (Å²) in [4.78, 5) is 20.2. The Labute approximate surface area is 340 Å². The number of aryl methyl sites for hydroxylation is 1. The molecule has 0 aromatic heterocycles. The van der Waals surface area contributed by atoms with Crippen molar-refractivity contribution in [1.29, 1.82) is 0 Å². The summed E-state index contributed by atoms with van der Waals surface area (Å²) in [6.45, 7) is 15.6. The predicted octanol–water partition coefficient (Wildman–Crippen LogP) is 12.8. The van der Waals surface area contributed by atoms with Crippen LogP contribution >= 0.6 is 0 Å². The molecule has 0 unspecified atom stereocenters. The third kappa shape index (κ3) is 45.0. The minimum atomic E-state index is -0.909. The monoisotopic (exact) mass is 853 g/mol. The summed E-state index contributed by atoms with van der Waals surface area (Å²) in [5, 5.41) is 30.1. The first-order chi connectivity index (χ1) is 25.7. The van der Waals surface area contributed by atoms with Crippen molar-refractivity contribution in [3.63, 3.8) is 0 Å². The molecule has 1 aromatic carbocycles. The Bertz CT molecular complexity index is 832. The standard InChI is InChI=1S/C15H24O.2C12H24O2.2C4H9.Sn/c1-4-6-8-13-12(3)10-11-15(16)14(13)9-7-5-2;2*1-2-3-4-5-6-7-8-9-10-11-12(13)14;2*1-3-4-2;/h10-11,16H,4-9H2,1-3H3;2*2-11H2,1H3,(H,13,14);2*1,3-4H2,2H3;/q;;;;;+2/p-2. The van der Waals surface area contributed by atoms with Crippen LogP contribution in [-0.4, -0.2) is 38.2 Å². The molecule has 0 heterocycles. The Balaban J connectivity index is -0.000000640. The molecule has 310 valence electrons. The number of rotatable bonds is 32. The fraction of sp³-hybridized carbons (Fsp3) is 0.830.